The van der Waals surface area contributed by atoms with E-state index in [4.69, 9.17) is 20.6 Å². The summed E-state index contributed by atoms with van der Waals surface area (Å²) < 4.78 is 11.7. The number of nitrogens with one attached hydrogen (secondary N) is 3. The molecule has 7 fully saturated rings. The summed E-state index contributed by atoms with van der Waals surface area (Å²) in [6.45, 7) is 31.3. The van der Waals surface area contributed by atoms with Gasteiger partial charge in [0.1, 0.15) is 12.2 Å². The largest absolute Gasteiger partial charge is 1.00 e. The van der Waals surface area contributed by atoms with Crippen molar-refractivity contribution in [3.05, 3.63) is 35.6 Å². The Hall–Kier alpha value is -1.53. The first-order valence-electron chi connectivity index (χ1n) is 33.9. The number of fused-ring (bicyclic) bond motifs is 10. The highest BCUT2D eigenvalue weighted by molar-refractivity contribution is 8.14. The van der Waals surface area contributed by atoms with Crippen molar-refractivity contribution in [1.82, 2.24) is 16.0 Å². The Morgan fingerprint density at radius 1 is 0.651 bits per heavy atom. The summed E-state index contributed by atoms with van der Waals surface area (Å²) in [7, 11) is 0. The van der Waals surface area contributed by atoms with Crippen LogP contribution in [0.15, 0.2) is 35.6 Å². The third-order valence-electron chi connectivity index (χ3n) is 24.0. The van der Waals surface area contributed by atoms with Gasteiger partial charge in [-0.3, -0.25) is 5.41 Å². The molecule has 6 saturated carbocycles. The van der Waals surface area contributed by atoms with Crippen LogP contribution < -0.4 is 51.9 Å². The summed E-state index contributed by atoms with van der Waals surface area (Å²) in [4.78, 5) is 24.6. The first-order valence-corrected chi connectivity index (χ1v) is 35.5. The Kier molecular flexibility index (Phi) is 29.0. The number of carbonyl (C=O) groups excluding carboxylic acids is 2. The smallest absolute Gasteiger partial charge is 0.407 e. The molecular weight excluding hydrogens is 1110 g/mol. The monoisotopic (exact) mass is 1230 g/mol. The molecule has 7 N–H and O–H groups in total. The zero-order chi connectivity index (χ0) is 58.5. The lowest BCUT2D eigenvalue weighted by Gasteiger charge is -2.58. The lowest BCUT2D eigenvalue weighted by Crippen LogP contribution is -3.00. The highest BCUT2D eigenvalue weighted by Crippen LogP contribution is 2.69. The Bertz CT molecular complexity index is 2120. The van der Waals surface area contributed by atoms with Crippen molar-refractivity contribution in [2.24, 2.45) is 98.4 Å². The standard InChI is InChI=1S/C36H62N2O2S.C30H52N2O2.C4H7NS.2ClH/c1-25(2)10-9-11-26(3)31-15-16-32-30-14-13-28-24-29(17-19-35(28,5)33(30)18-20-36(31,32)6)40-34(39)38-22-21-37-27(4)12-7-8-23-41;1-20(2)7-6-8-21(3)25-11-12-26-24-10-9-22-19-23(34-28(33)32-18-17-31)13-15-29(22,4)27(24)14-16-30(25,26)5;5-4-2-1-3-6-4;;/h13,25-26,29-33,37,41H,4,7-12,14-24H2,1-3,5-6H3,(H,38,39);9,20-21,23-27H,6-8,10-19,31H2,1-5H3,(H,32,33);5H,1-3H2;2*1H/p-1. The molecule has 9 aliphatic rings. The second kappa shape index (κ2) is 33.3. The summed E-state index contributed by atoms with van der Waals surface area (Å²) in [6.07, 6.45) is 38.7. The number of hydrogen-bond donors (Lipinski definition) is 6. The Labute approximate surface area is 530 Å². The molecule has 8 aliphatic carbocycles. The lowest BCUT2D eigenvalue weighted by atomic mass is 9.47. The Morgan fingerprint density at radius 3 is 1.53 bits per heavy atom. The lowest BCUT2D eigenvalue weighted by molar-refractivity contribution is -0.110. The van der Waals surface area contributed by atoms with E-state index in [1.54, 1.807) is 22.9 Å². The van der Waals surface area contributed by atoms with Gasteiger partial charge in [0.2, 0.25) is 5.04 Å². The molecule has 9 nitrogen and oxygen atoms in total. The van der Waals surface area contributed by atoms with Crippen LogP contribution >= 0.6 is 24.4 Å². The van der Waals surface area contributed by atoms with Gasteiger partial charge < -0.3 is 56.0 Å². The average Bonchev–Trinajstić information content (AvgIpc) is 2.23. The number of allylic oxidation sites excluding steroid dienone is 3. The van der Waals surface area contributed by atoms with Crippen LogP contribution in [0.1, 0.15) is 243 Å². The van der Waals surface area contributed by atoms with Crippen LogP contribution in [-0.2, 0) is 9.47 Å². The van der Waals surface area contributed by atoms with Crippen LogP contribution in [-0.4, -0.2) is 67.1 Å². The van der Waals surface area contributed by atoms with E-state index in [2.05, 4.69) is 117 Å². The van der Waals surface area contributed by atoms with Crippen LogP contribution in [0.5, 0.6) is 0 Å². The normalized spacial score (nSPS) is 35.4. The van der Waals surface area contributed by atoms with Gasteiger partial charge in [-0.15, -0.1) is 0 Å². The molecule has 2 amide bonds. The summed E-state index contributed by atoms with van der Waals surface area (Å²) in [5.74, 6) is 12.5. The van der Waals surface area contributed by atoms with Gasteiger partial charge in [0.05, 0.1) is 0 Å². The fourth-order valence-corrected chi connectivity index (χ4v) is 20.6. The highest BCUT2D eigenvalue weighted by atomic mass is 35.5. The molecule has 16 atom stereocenters. The number of amides is 2. The number of hydrogen-bond acceptors (Lipinski definition) is 8. The van der Waals surface area contributed by atoms with E-state index >= 15 is 0 Å². The number of rotatable bonds is 22. The molecule has 83 heavy (non-hydrogen) atoms. The summed E-state index contributed by atoms with van der Waals surface area (Å²) in [6, 6.07) is 0. The molecule has 0 aromatic heterocycles. The molecule has 0 aromatic rings. The Morgan fingerprint density at radius 2 is 1.12 bits per heavy atom. The molecule has 1 aliphatic heterocycles. The maximum Gasteiger partial charge on any atom is 0.407 e. The van der Waals surface area contributed by atoms with Crippen molar-refractivity contribution in [2.75, 3.05) is 37.7 Å². The second-order valence-electron chi connectivity index (χ2n) is 29.9. The van der Waals surface area contributed by atoms with Crippen molar-refractivity contribution in [3.8, 4) is 0 Å². The maximum absolute atomic E-state index is 12.6. The molecule has 13 heteroatoms. The predicted octanol–water partition coefficient (Wildman–Crippen LogP) is 10.1. The zero-order valence-electron chi connectivity index (χ0n) is 54.2. The van der Waals surface area contributed by atoms with Crippen molar-refractivity contribution in [3.63, 3.8) is 0 Å². The van der Waals surface area contributed by atoms with E-state index in [1.807, 2.05) is 0 Å². The first-order chi connectivity index (χ1) is 38.7. The predicted molar refractivity (Wildman–Crippen MR) is 345 cm³/mol. The van der Waals surface area contributed by atoms with Crippen LogP contribution in [0.3, 0.4) is 0 Å². The third-order valence-corrected chi connectivity index (χ3v) is 25.4. The van der Waals surface area contributed by atoms with Gasteiger partial charge in [-0.2, -0.15) is 12.6 Å². The van der Waals surface area contributed by atoms with E-state index in [0.717, 1.165) is 152 Å². The SMILES string of the molecule is C=C(CCCCS)NCCNC(=O)OC1CCC2(C)C(=CCC3C2CCC2(C)C(C(C)CCCC(C)C)CCC32)C1.CC(C)CCCC(C)C1CCC2C3CC=C4CC(OC(=O)NCCN)CCC4(C)C3CCC12C.[Cl-].[Cl-].[NH2+]=C1CCCS1. The molecule has 0 spiro atoms. The van der Waals surface area contributed by atoms with E-state index in [-0.39, 0.29) is 49.2 Å². The van der Waals surface area contributed by atoms with Gasteiger partial charge >= 0.3 is 12.2 Å². The summed E-state index contributed by atoms with van der Waals surface area (Å²) in [5.41, 5.74) is 11.4. The average molecular weight is 1230 g/mol. The van der Waals surface area contributed by atoms with Gasteiger partial charge in [0.25, 0.3) is 0 Å². The number of halogens is 2. The highest BCUT2D eigenvalue weighted by Gasteiger charge is 2.61. The quantitative estimate of drug-likeness (QED) is 0.0361. The summed E-state index contributed by atoms with van der Waals surface area (Å²) >= 11 is 6.05. The number of unbranched alkanes of at least 4 members (excludes halogenated alkanes) is 1. The van der Waals surface area contributed by atoms with Crippen LogP contribution in [0.2, 0.25) is 0 Å². The summed E-state index contributed by atoms with van der Waals surface area (Å²) in [5, 5.41) is 15.5. The van der Waals surface area contributed by atoms with Crippen LogP contribution in [0, 0.1) is 92.7 Å². The van der Waals surface area contributed by atoms with Gasteiger partial charge in [0.15, 0.2) is 0 Å². The number of thiol groups is 1. The van der Waals surface area contributed by atoms with Gasteiger partial charge in [-0.1, -0.05) is 149 Å². The van der Waals surface area contributed by atoms with E-state index in [0.29, 0.717) is 47.8 Å². The molecule has 9 rings (SSSR count). The molecule has 16 unspecified atom stereocenters. The topological polar surface area (TPSA) is 140 Å². The molecule has 0 radical (unpaired) electrons. The number of alkyl carbamates (subject to hydrolysis) is 2. The first kappa shape index (κ1) is 72.2. The molecule has 1 saturated heterocycles. The Balaban J connectivity index is 0.000000273. The number of nitrogens with two attached hydrogens (primary N) is 2. The number of ether oxygens (including phenoxy) is 2. The van der Waals surface area contributed by atoms with Crippen LogP contribution in [0.4, 0.5) is 9.59 Å². The van der Waals surface area contributed by atoms with Crippen molar-refractivity contribution >= 4 is 41.6 Å². The van der Waals surface area contributed by atoms with Crippen LogP contribution in [0.25, 0.3) is 0 Å². The number of thioether (sulfide) groups is 1. The second-order valence-corrected chi connectivity index (χ2v) is 31.6. The molecular formula is C70H122Cl2N5O4S2-. The zero-order valence-corrected chi connectivity index (χ0v) is 57.4. The van der Waals surface area contributed by atoms with Crippen molar-refractivity contribution in [1.29, 1.82) is 0 Å². The molecule has 0 bridgehead atoms. The fraction of sp³-hybridized carbons (Fsp3) is 0.871. The van der Waals surface area contributed by atoms with Gasteiger partial charge in [-0.05, 0) is 214 Å². The molecule has 0 aromatic carbocycles. The minimum absolute atomic E-state index is 0. The minimum atomic E-state index is -0.304. The molecule has 478 valence electrons. The van der Waals surface area contributed by atoms with Crippen molar-refractivity contribution in [2.45, 2.75) is 255 Å². The third kappa shape index (κ3) is 18.1. The van der Waals surface area contributed by atoms with Gasteiger partial charge in [-0.25, -0.2) is 9.59 Å². The minimum Gasteiger partial charge on any atom is -1.00 e. The fourth-order valence-electron chi connectivity index (χ4n) is 19.5. The van der Waals surface area contributed by atoms with E-state index < -0.39 is 0 Å². The van der Waals surface area contributed by atoms with E-state index in [1.165, 1.54) is 115 Å². The van der Waals surface area contributed by atoms with Crippen molar-refractivity contribution < 1.29 is 49.3 Å². The van der Waals surface area contributed by atoms with E-state index in [9.17, 15) is 9.59 Å². The molecule has 1 heterocycles. The van der Waals surface area contributed by atoms with Gasteiger partial charge in [0, 0.05) is 56.9 Å². The number of carbonyl (C=O) groups is 2. The maximum atomic E-state index is 12.6.